The third-order valence-electron chi connectivity index (χ3n) is 21.3. The fourth-order valence-electron chi connectivity index (χ4n) is 16.2. The van der Waals surface area contributed by atoms with E-state index >= 15 is 0 Å². The lowest BCUT2D eigenvalue weighted by molar-refractivity contribution is 0.669. The number of para-hydroxylation sites is 4. The minimum atomic E-state index is 0.596. The molecule has 6 aromatic heterocycles. The highest BCUT2D eigenvalue weighted by Gasteiger charge is 2.27. The summed E-state index contributed by atoms with van der Waals surface area (Å²) in [5.74, 6) is 3.68. The molecular weight excluding hydrogens is 1370 g/mol. The average Bonchev–Trinajstić information content (AvgIpc) is 1.53. The Morgan fingerprint density at radius 1 is 0.179 bits per heavy atom. The van der Waals surface area contributed by atoms with Crippen LogP contribution in [-0.2, 0) is 0 Å². The lowest BCUT2D eigenvalue weighted by atomic mass is 9.91. The van der Waals surface area contributed by atoms with Gasteiger partial charge >= 0.3 is 0 Å². The first-order valence-electron chi connectivity index (χ1n) is 37.6. The molecule has 0 radical (unpaired) electrons. The van der Waals surface area contributed by atoms with Crippen molar-refractivity contribution >= 4 is 87.5 Å². The van der Waals surface area contributed by atoms with Crippen LogP contribution in [0.15, 0.2) is 397 Å². The Kier molecular flexibility index (Phi) is 16.0. The van der Waals surface area contributed by atoms with Crippen LogP contribution >= 0.6 is 0 Å². The van der Waals surface area contributed by atoms with Crippen LogP contribution in [0.2, 0.25) is 0 Å². The third-order valence-corrected chi connectivity index (χ3v) is 21.3. The van der Waals surface area contributed by atoms with E-state index in [-0.39, 0.29) is 0 Å². The van der Waals surface area contributed by atoms with Crippen molar-refractivity contribution in [2.45, 2.75) is 0 Å². The zero-order valence-corrected chi connectivity index (χ0v) is 60.3. The van der Waals surface area contributed by atoms with E-state index in [2.05, 4.69) is 264 Å². The number of nitrogens with zero attached hydrogens (tertiary/aromatic N) is 8. The van der Waals surface area contributed by atoms with E-state index in [1.54, 1.807) is 0 Å². The Labute approximate surface area is 643 Å². The SMILES string of the molecule is c1ccc(-c2ccc(-c3ccc4oc5ccc6c7ccccc7n(-c7ccccc7)c6c5c4c3)c(-c3nc(-c4ccccc4)nc(-c4ccccc4)n3)c2)cc1.c1ccc(-c2ccc(-c3cccc4oc5ccc6c7ccccc7n(-c7ccccc7)c6c5c34)c(-c3nc(-c4ccccc4)nc(-c4ccccc4)n3)c2)cc1. The summed E-state index contributed by atoms with van der Waals surface area (Å²) in [6.45, 7) is 0. The number of fused-ring (bicyclic) bond motifs is 14. The van der Waals surface area contributed by atoms with Crippen LogP contribution in [-0.4, -0.2) is 39.0 Å². The minimum absolute atomic E-state index is 0.596. The molecule has 16 aromatic carbocycles. The predicted octanol–water partition coefficient (Wildman–Crippen LogP) is 26.4. The normalized spacial score (nSPS) is 11.6. The van der Waals surface area contributed by atoms with Crippen LogP contribution in [0.3, 0.4) is 0 Å². The van der Waals surface area contributed by atoms with Gasteiger partial charge in [-0.15, -0.1) is 0 Å². The first kappa shape index (κ1) is 65.1. The molecule has 0 amide bonds. The molecule has 0 spiro atoms. The van der Waals surface area contributed by atoms with E-state index in [4.69, 9.17) is 38.7 Å². The minimum Gasteiger partial charge on any atom is -0.456 e. The highest BCUT2D eigenvalue weighted by molar-refractivity contribution is 6.28. The average molecular weight is 1430 g/mol. The lowest BCUT2D eigenvalue weighted by Crippen LogP contribution is -2.01. The molecule has 6 heterocycles. The number of hydrogen-bond acceptors (Lipinski definition) is 8. The first-order valence-corrected chi connectivity index (χ1v) is 37.6. The maximum Gasteiger partial charge on any atom is 0.164 e. The van der Waals surface area contributed by atoms with Crippen LogP contribution < -0.4 is 0 Å². The molecule has 0 fully saturated rings. The van der Waals surface area contributed by atoms with E-state index < -0.39 is 0 Å². The molecule has 524 valence electrons. The molecule has 0 N–H and O–H groups in total. The fourth-order valence-corrected chi connectivity index (χ4v) is 16.2. The molecule has 10 heteroatoms. The van der Waals surface area contributed by atoms with Crippen molar-refractivity contribution in [1.82, 2.24) is 39.0 Å². The van der Waals surface area contributed by atoms with Crippen LogP contribution in [0.4, 0.5) is 0 Å². The van der Waals surface area contributed by atoms with Gasteiger partial charge in [0.05, 0.1) is 32.8 Å². The van der Waals surface area contributed by atoms with Crippen molar-refractivity contribution in [3.63, 3.8) is 0 Å². The van der Waals surface area contributed by atoms with Crippen molar-refractivity contribution in [3.05, 3.63) is 388 Å². The smallest absolute Gasteiger partial charge is 0.164 e. The molecule has 0 aliphatic rings. The van der Waals surface area contributed by atoms with Crippen molar-refractivity contribution < 1.29 is 8.83 Å². The summed E-state index contributed by atoms with van der Waals surface area (Å²) in [7, 11) is 0. The maximum absolute atomic E-state index is 6.75. The Balaban J connectivity index is 0.000000141. The van der Waals surface area contributed by atoms with Gasteiger partial charge in [0.2, 0.25) is 0 Å². The first-order chi connectivity index (χ1) is 55.5. The molecule has 0 saturated carbocycles. The van der Waals surface area contributed by atoms with Crippen molar-refractivity contribution in [1.29, 1.82) is 0 Å². The number of benzene rings is 16. The molecule has 112 heavy (non-hydrogen) atoms. The highest BCUT2D eigenvalue weighted by atomic mass is 16.3. The van der Waals surface area contributed by atoms with E-state index in [1.165, 1.54) is 21.5 Å². The lowest BCUT2D eigenvalue weighted by Gasteiger charge is -2.15. The topological polar surface area (TPSA) is 113 Å². The molecule has 10 nitrogen and oxygen atoms in total. The van der Waals surface area contributed by atoms with Crippen LogP contribution in [0.1, 0.15) is 0 Å². The zero-order chi connectivity index (χ0) is 74.0. The molecule has 0 bridgehead atoms. The molecule has 0 unspecified atom stereocenters. The molecule has 0 aliphatic carbocycles. The van der Waals surface area contributed by atoms with Crippen molar-refractivity contribution in [2.75, 3.05) is 0 Å². The quantitative estimate of drug-likeness (QED) is 0.119. The van der Waals surface area contributed by atoms with Gasteiger partial charge in [0.1, 0.15) is 22.3 Å². The summed E-state index contributed by atoms with van der Waals surface area (Å²) >= 11 is 0. The van der Waals surface area contributed by atoms with Gasteiger partial charge in [-0.05, 0) is 136 Å². The number of hydrogen-bond donors (Lipinski definition) is 0. The van der Waals surface area contributed by atoms with Crippen LogP contribution in [0, 0.1) is 0 Å². The molecule has 0 saturated heterocycles. The van der Waals surface area contributed by atoms with Crippen molar-refractivity contribution in [3.8, 4) is 124 Å². The largest absolute Gasteiger partial charge is 0.456 e. The Morgan fingerprint density at radius 3 is 0.991 bits per heavy atom. The van der Waals surface area contributed by atoms with Crippen LogP contribution in [0.5, 0.6) is 0 Å². The second-order valence-corrected chi connectivity index (χ2v) is 28.0. The summed E-state index contributed by atoms with van der Waals surface area (Å²) in [6, 6.07) is 135. The standard InChI is InChI=1S/2C51H32N4O/c1-5-16-33(17-6-1)36-28-29-38(42(32-36)51-53-49(34-18-7-2-8-19-34)52-50(54-51)35-20-9-3-10-21-35)40-25-15-27-44-46(40)47-45(56-44)31-30-41-39-24-13-14-26-43(39)55(48(41)47)37-22-11-4-12-23-37;1-5-15-33(16-6-1)36-25-27-39(42(31-36)51-53-49(34-17-7-2-8-18-34)52-50(54-51)35-19-9-3-10-20-35)37-26-29-45-43(32-37)47-46(56-45)30-28-41-40-23-13-14-24-44(40)55(48(41)47)38-21-11-4-12-22-38/h2*1-32H. The fraction of sp³-hybridized carbons (Fsp3) is 0. The van der Waals surface area contributed by atoms with Gasteiger partial charge in [-0.3, -0.25) is 0 Å². The van der Waals surface area contributed by atoms with Crippen molar-refractivity contribution in [2.24, 2.45) is 0 Å². The van der Waals surface area contributed by atoms with Crippen LogP contribution in [0.25, 0.3) is 212 Å². The summed E-state index contributed by atoms with van der Waals surface area (Å²) in [4.78, 5) is 30.9. The number of furan rings is 2. The predicted molar refractivity (Wildman–Crippen MR) is 457 cm³/mol. The zero-order valence-electron chi connectivity index (χ0n) is 60.3. The van der Waals surface area contributed by atoms with E-state index in [1.807, 2.05) is 133 Å². The molecule has 0 atom stereocenters. The molecule has 22 aromatic rings. The van der Waals surface area contributed by atoms with Gasteiger partial charge in [0, 0.05) is 77.1 Å². The van der Waals surface area contributed by atoms with Gasteiger partial charge in [-0.2, -0.15) is 0 Å². The number of aromatic nitrogens is 8. The second-order valence-electron chi connectivity index (χ2n) is 28.0. The second kappa shape index (κ2) is 27.5. The van der Waals surface area contributed by atoms with E-state index in [0.717, 1.165) is 155 Å². The highest BCUT2D eigenvalue weighted by Crippen LogP contribution is 2.48. The summed E-state index contributed by atoms with van der Waals surface area (Å²) in [5, 5.41) is 9.00. The van der Waals surface area contributed by atoms with E-state index in [9.17, 15) is 0 Å². The number of rotatable bonds is 12. The van der Waals surface area contributed by atoms with Gasteiger partial charge in [-0.25, -0.2) is 29.9 Å². The summed E-state index contributed by atoms with van der Waals surface area (Å²) in [6.07, 6.45) is 0. The maximum atomic E-state index is 6.75. The Morgan fingerprint density at radius 2 is 0.527 bits per heavy atom. The Hall–Kier alpha value is -15.3. The van der Waals surface area contributed by atoms with Gasteiger partial charge in [0.15, 0.2) is 34.9 Å². The Bertz CT molecular complexity index is 7220. The monoisotopic (exact) mass is 1430 g/mol. The van der Waals surface area contributed by atoms with Gasteiger partial charge < -0.3 is 18.0 Å². The summed E-state index contributed by atoms with van der Waals surface area (Å²) in [5.41, 5.74) is 24.1. The van der Waals surface area contributed by atoms with Gasteiger partial charge in [-0.1, -0.05) is 297 Å². The third kappa shape index (κ3) is 11.4. The molecular formula is C102H64N8O2. The molecule has 0 aliphatic heterocycles. The van der Waals surface area contributed by atoms with E-state index in [0.29, 0.717) is 34.9 Å². The van der Waals surface area contributed by atoms with Gasteiger partial charge in [0.25, 0.3) is 0 Å². The molecule has 22 rings (SSSR count). The summed E-state index contributed by atoms with van der Waals surface area (Å²) < 4.78 is 18.1.